The first kappa shape index (κ1) is 7.39. The number of carbonyl (C=O) groups is 1. The average Bonchev–Trinajstić information content (AvgIpc) is 2.80. The predicted molar refractivity (Wildman–Crippen MR) is 40.2 cm³/mol. The van der Waals surface area contributed by atoms with E-state index in [1.54, 1.807) is 11.7 Å². The quantitative estimate of drug-likeness (QED) is 0.620. The van der Waals surface area contributed by atoms with Crippen molar-refractivity contribution >= 4 is 5.78 Å². The van der Waals surface area contributed by atoms with Crippen molar-refractivity contribution < 1.29 is 4.79 Å². The highest BCUT2D eigenvalue weighted by atomic mass is 16.1. The molecule has 0 aromatic carbocycles. The van der Waals surface area contributed by atoms with Gasteiger partial charge in [0.05, 0.1) is 6.42 Å². The number of rotatable bonds is 3. The van der Waals surface area contributed by atoms with Crippen LogP contribution in [-0.2, 0) is 18.3 Å². The molecule has 1 fully saturated rings. The molecule has 0 spiro atoms. The Balaban J connectivity index is 2.02. The average molecular weight is 166 g/mol. The highest BCUT2D eigenvalue weighted by molar-refractivity contribution is 5.84. The van der Waals surface area contributed by atoms with E-state index in [9.17, 15) is 4.79 Å². The van der Waals surface area contributed by atoms with E-state index in [4.69, 9.17) is 0 Å². The molecule has 0 unspecified atom stereocenters. The highest BCUT2D eigenvalue weighted by Crippen LogP contribution is 2.30. The van der Waals surface area contributed by atoms with Crippen molar-refractivity contribution in [1.29, 1.82) is 0 Å². The van der Waals surface area contributed by atoms with Crippen LogP contribution in [0.4, 0.5) is 0 Å². The molecular formula is C7H10N4O. The van der Waals surface area contributed by atoms with Gasteiger partial charge in [-0.05, 0) is 23.3 Å². The van der Waals surface area contributed by atoms with Crippen LogP contribution in [0.2, 0.25) is 0 Å². The molecule has 1 saturated carbocycles. The maximum absolute atomic E-state index is 11.3. The number of carbonyl (C=O) groups excluding carboxylic acids is 1. The maximum Gasteiger partial charge on any atom is 0.158 e. The molecule has 0 saturated heterocycles. The van der Waals surface area contributed by atoms with Gasteiger partial charge in [0, 0.05) is 13.0 Å². The summed E-state index contributed by atoms with van der Waals surface area (Å²) in [4.78, 5) is 11.3. The van der Waals surface area contributed by atoms with Crippen molar-refractivity contribution in [3.05, 3.63) is 5.82 Å². The standard InChI is InChI=1S/C7H10N4O/c1-11-7(8-9-10-11)4-6(12)5-2-3-5/h5H,2-4H2,1H3. The zero-order valence-corrected chi connectivity index (χ0v) is 6.90. The van der Waals surface area contributed by atoms with Gasteiger partial charge in [-0.1, -0.05) is 0 Å². The molecule has 0 amide bonds. The summed E-state index contributed by atoms with van der Waals surface area (Å²) in [6, 6.07) is 0. The summed E-state index contributed by atoms with van der Waals surface area (Å²) < 4.78 is 1.54. The van der Waals surface area contributed by atoms with E-state index in [2.05, 4.69) is 15.5 Å². The lowest BCUT2D eigenvalue weighted by atomic mass is 10.2. The zero-order chi connectivity index (χ0) is 8.55. The summed E-state index contributed by atoms with van der Waals surface area (Å²) in [5, 5.41) is 10.9. The number of nitrogens with zero attached hydrogens (tertiary/aromatic N) is 4. The molecule has 1 aromatic rings. The van der Waals surface area contributed by atoms with E-state index >= 15 is 0 Å². The SMILES string of the molecule is Cn1nnnc1CC(=O)C1CC1. The van der Waals surface area contributed by atoms with Gasteiger partial charge in [-0.2, -0.15) is 0 Å². The van der Waals surface area contributed by atoms with Crippen LogP contribution in [0.25, 0.3) is 0 Å². The Morgan fingerprint density at radius 3 is 2.92 bits per heavy atom. The lowest BCUT2D eigenvalue weighted by molar-refractivity contribution is -0.119. The summed E-state index contributed by atoms with van der Waals surface area (Å²) in [6.07, 6.45) is 2.47. The zero-order valence-electron chi connectivity index (χ0n) is 6.90. The van der Waals surface area contributed by atoms with Crippen LogP contribution >= 0.6 is 0 Å². The van der Waals surface area contributed by atoms with Crippen LogP contribution in [0, 0.1) is 5.92 Å². The van der Waals surface area contributed by atoms with Crippen molar-refractivity contribution in [2.75, 3.05) is 0 Å². The smallest absolute Gasteiger partial charge is 0.158 e. The number of aryl methyl sites for hydroxylation is 1. The second-order valence-corrected chi connectivity index (χ2v) is 3.14. The fraction of sp³-hybridized carbons (Fsp3) is 0.714. The largest absolute Gasteiger partial charge is 0.299 e. The van der Waals surface area contributed by atoms with Gasteiger partial charge in [0.15, 0.2) is 5.82 Å². The Morgan fingerprint density at radius 2 is 2.42 bits per heavy atom. The van der Waals surface area contributed by atoms with Gasteiger partial charge in [0.1, 0.15) is 5.78 Å². The highest BCUT2D eigenvalue weighted by Gasteiger charge is 2.30. The van der Waals surface area contributed by atoms with Crippen molar-refractivity contribution in [2.45, 2.75) is 19.3 Å². The fourth-order valence-electron chi connectivity index (χ4n) is 1.10. The van der Waals surface area contributed by atoms with Gasteiger partial charge < -0.3 is 0 Å². The molecule has 2 rings (SSSR count). The third-order valence-corrected chi connectivity index (χ3v) is 2.07. The summed E-state index contributed by atoms with van der Waals surface area (Å²) in [7, 11) is 1.75. The molecule has 5 heteroatoms. The lowest BCUT2D eigenvalue weighted by Gasteiger charge is -1.95. The van der Waals surface area contributed by atoms with E-state index in [1.807, 2.05) is 0 Å². The number of Topliss-reactive ketones (excluding diaryl/α,β-unsaturated/α-hetero) is 1. The van der Waals surface area contributed by atoms with E-state index in [-0.39, 0.29) is 5.78 Å². The van der Waals surface area contributed by atoms with Crippen molar-refractivity contribution in [1.82, 2.24) is 20.2 Å². The van der Waals surface area contributed by atoms with E-state index in [0.29, 0.717) is 18.2 Å². The number of hydrogen-bond donors (Lipinski definition) is 0. The fourth-order valence-corrected chi connectivity index (χ4v) is 1.10. The number of tetrazole rings is 1. The second kappa shape index (κ2) is 2.66. The second-order valence-electron chi connectivity index (χ2n) is 3.14. The Kier molecular flexibility index (Phi) is 1.64. The van der Waals surface area contributed by atoms with E-state index in [0.717, 1.165) is 12.8 Å². The first-order valence-electron chi connectivity index (χ1n) is 4.01. The molecule has 1 aliphatic carbocycles. The Bertz CT molecular complexity index is 302. The molecule has 0 atom stereocenters. The van der Waals surface area contributed by atoms with Crippen LogP contribution < -0.4 is 0 Å². The van der Waals surface area contributed by atoms with Crippen LogP contribution in [0.1, 0.15) is 18.7 Å². The van der Waals surface area contributed by atoms with Crippen molar-refractivity contribution in [3.63, 3.8) is 0 Å². The van der Waals surface area contributed by atoms with Crippen LogP contribution in [-0.4, -0.2) is 26.0 Å². The van der Waals surface area contributed by atoms with E-state index < -0.39 is 0 Å². The number of hydrogen-bond acceptors (Lipinski definition) is 4. The van der Waals surface area contributed by atoms with Crippen LogP contribution in [0.5, 0.6) is 0 Å². The van der Waals surface area contributed by atoms with Gasteiger partial charge in [-0.3, -0.25) is 4.79 Å². The van der Waals surface area contributed by atoms with Crippen LogP contribution in [0.3, 0.4) is 0 Å². The molecule has 0 N–H and O–H groups in total. The molecule has 1 aromatic heterocycles. The molecule has 5 nitrogen and oxygen atoms in total. The van der Waals surface area contributed by atoms with Gasteiger partial charge in [-0.15, -0.1) is 5.10 Å². The summed E-state index contributed by atoms with van der Waals surface area (Å²) >= 11 is 0. The minimum Gasteiger partial charge on any atom is -0.299 e. The number of aromatic nitrogens is 4. The molecule has 64 valence electrons. The third-order valence-electron chi connectivity index (χ3n) is 2.07. The Morgan fingerprint density at radius 1 is 1.67 bits per heavy atom. The molecule has 0 aliphatic heterocycles. The maximum atomic E-state index is 11.3. The van der Waals surface area contributed by atoms with Gasteiger partial charge in [0.25, 0.3) is 0 Å². The summed E-state index contributed by atoms with van der Waals surface area (Å²) in [5.41, 5.74) is 0. The topological polar surface area (TPSA) is 60.7 Å². The lowest BCUT2D eigenvalue weighted by Crippen LogP contribution is -2.09. The summed E-state index contributed by atoms with van der Waals surface area (Å²) in [5.74, 6) is 1.22. The molecule has 1 heterocycles. The minimum atomic E-state index is 0.271. The van der Waals surface area contributed by atoms with Gasteiger partial charge >= 0.3 is 0 Å². The van der Waals surface area contributed by atoms with E-state index in [1.165, 1.54) is 0 Å². The van der Waals surface area contributed by atoms with Gasteiger partial charge in [-0.25, -0.2) is 4.68 Å². The molecule has 0 bridgehead atoms. The third kappa shape index (κ3) is 1.34. The Hall–Kier alpha value is -1.26. The molecular weight excluding hydrogens is 156 g/mol. The summed E-state index contributed by atoms with van der Waals surface area (Å²) in [6.45, 7) is 0. The van der Waals surface area contributed by atoms with Crippen LogP contribution in [0.15, 0.2) is 0 Å². The van der Waals surface area contributed by atoms with Gasteiger partial charge in [0.2, 0.25) is 0 Å². The normalized spacial score (nSPS) is 16.4. The first-order valence-corrected chi connectivity index (χ1v) is 4.01. The first-order chi connectivity index (χ1) is 5.77. The van der Waals surface area contributed by atoms with Crippen molar-refractivity contribution in [2.24, 2.45) is 13.0 Å². The van der Waals surface area contributed by atoms with Crippen molar-refractivity contribution in [3.8, 4) is 0 Å². The number of ketones is 1. The Labute approximate surface area is 69.8 Å². The molecule has 12 heavy (non-hydrogen) atoms. The molecule has 0 radical (unpaired) electrons. The predicted octanol–water partition coefficient (Wildman–Crippen LogP) is -0.268. The minimum absolute atomic E-state index is 0.271. The monoisotopic (exact) mass is 166 g/mol. The molecule has 1 aliphatic rings.